The first-order chi connectivity index (χ1) is 10.6. The fraction of sp³-hybridized carbons (Fsp3) is 0.882. The predicted octanol–water partition coefficient (Wildman–Crippen LogP) is 2.61. The summed E-state index contributed by atoms with van der Waals surface area (Å²) in [7, 11) is 3.50. The molecule has 0 unspecified atom stereocenters. The summed E-state index contributed by atoms with van der Waals surface area (Å²) in [5, 5.41) is 3.01. The number of nitrogens with one attached hydrogen (secondary N) is 1. The second-order valence-electron chi connectivity index (χ2n) is 7.04. The number of nitrogens with zero attached hydrogens (tertiary/aromatic N) is 2. The van der Waals surface area contributed by atoms with E-state index in [-0.39, 0.29) is 12.1 Å². The molecule has 1 aliphatic heterocycles. The number of amides is 3. The highest BCUT2D eigenvalue weighted by Crippen LogP contribution is 2.27. The normalized spacial score (nSPS) is 20.7. The third-order valence-electron chi connectivity index (χ3n) is 5.07. The SMILES string of the molecule is CN(C)C(=O)NC1CCN(C(=O)CCC2CCCCC2)CC1. The Kier molecular flexibility index (Phi) is 6.52. The first-order valence-corrected chi connectivity index (χ1v) is 8.82. The van der Waals surface area contributed by atoms with Crippen LogP contribution in [0.3, 0.4) is 0 Å². The average Bonchev–Trinajstić information content (AvgIpc) is 2.54. The molecule has 0 aromatic carbocycles. The molecule has 0 radical (unpaired) electrons. The smallest absolute Gasteiger partial charge is 0.317 e. The lowest BCUT2D eigenvalue weighted by molar-refractivity contribution is -0.132. The zero-order chi connectivity index (χ0) is 15.9. The van der Waals surface area contributed by atoms with Crippen molar-refractivity contribution in [2.45, 2.75) is 63.8 Å². The number of hydrogen-bond donors (Lipinski definition) is 1. The monoisotopic (exact) mass is 309 g/mol. The van der Waals surface area contributed by atoms with E-state index in [0.717, 1.165) is 38.3 Å². The lowest BCUT2D eigenvalue weighted by Gasteiger charge is -2.33. The minimum absolute atomic E-state index is 0.0397. The maximum Gasteiger partial charge on any atom is 0.317 e. The van der Waals surface area contributed by atoms with Crippen molar-refractivity contribution in [2.24, 2.45) is 5.92 Å². The number of likely N-dealkylation sites (tertiary alicyclic amines) is 1. The van der Waals surface area contributed by atoms with Gasteiger partial charge in [-0.15, -0.1) is 0 Å². The van der Waals surface area contributed by atoms with Crippen LogP contribution in [0.25, 0.3) is 0 Å². The van der Waals surface area contributed by atoms with Crippen molar-refractivity contribution in [1.82, 2.24) is 15.1 Å². The van der Waals surface area contributed by atoms with Gasteiger partial charge in [0.1, 0.15) is 0 Å². The van der Waals surface area contributed by atoms with Crippen LogP contribution in [0.4, 0.5) is 4.79 Å². The molecule has 2 aliphatic rings. The summed E-state index contributed by atoms with van der Waals surface area (Å²) >= 11 is 0. The lowest BCUT2D eigenvalue weighted by atomic mass is 9.86. The molecular formula is C17H31N3O2. The molecule has 3 amide bonds. The van der Waals surface area contributed by atoms with Gasteiger partial charge in [-0.3, -0.25) is 4.79 Å². The quantitative estimate of drug-likeness (QED) is 0.868. The molecule has 0 bridgehead atoms. The molecule has 2 fully saturated rings. The van der Waals surface area contributed by atoms with Crippen molar-refractivity contribution in [1.29, 1.82) is 0 Å². The van der Waals surface area contributed by atoms with Gasteiger partial charge in [-0.2, -0.15) is 0 Å². The van der Waals surface area contributed by atoms with Gasteiger partial charge in [0.15, 0.2) is 0 Å². The minimum Gasteiger partial charge on any atom is -0.343 e. The number of hydrogen-bond acceptors (Lipinski definition) is 2. The highest BCUT2D eigenvalue weighted by Gasteiger charge is 2.24. The van der Waals surface area contributed by atoms with Gasteiger partial charge in [0, 0.05) is 39.6 Å². The van der Waals surface area contributed by atoms with Gasteiger partial charge in [-0.1, -0.05) is 32.1 Å². The Balaban J connectivity index is 1.65. The van der Waals surface area contributed by atoms with Crippen LogP contribution in [-0.4, -0.2) is 55.0 Å². The summed E-state index contributed by atoms with van der Waals surface area (Å²) in [6, 6.07) is 0.166. The molecule has 22 heavy (non-hydrogen) atoms. The van der Waals surface area contributed by atoms with E-state index in [1.165, 1.54) is 32.1 Å². The summed E-state index contributed by atoms with van der Waals surface area (Å²) in [6.45, 7) is 1.56. The molecule has 1 saturated heterocycles. The van der Waals surface area contributed by atoms with Gasteiger partial charge < -0.3 is 15.1 Å². The minimum atomic E-state index is -0.0397. The van der Waals surface area contributed by atoms with Crippen LogP contribution in [-0.2, 0) is 4.79 Å². The van der Waals surface area contributed by atoms with Crippen molar-refractivity contribution in [3.63, 3.8) is 0 Å². The number of carbonyl (C=O) groups excluding carboxylic acids is 2. The first-order valence-electron chi connectivity index (χ1n) is 8.82. The molecule has 0 atom stereocenters. The van der Waals surface area contributed by atoms with Gasteiger partial charge >= 0.3 is 6.03 Å². The van der Waals surface area contributed by atoms with Crippen molar-refractivity contribution in [2.75, 3.05) is 27.2 Å². The number of piperidine rings is 1. The highest BCUT2D eigenvalue weighted by atomic mass is 16.2. The lowest BCUT2D eigenvalue weighted by Crippen LogP contribution is -2.48. The summed E-state index contributed by atoms with van der Waals surface area (Å²) < 4.78 is 0. The Morgan fingerprint density at radius 1 is 1.05 bits per heavy atom. The van der Waals surface area contributed by atoms with Crippen LogP contribution in [0, 0.1) is 5.92 Å². The first kappa shape index (κ1) is 17.1. The Morgan fingerprint density at radius 2 is 1.68 bits per heavy atom. The van der Waals surface area contributed by atoms with E-state index < -0.39 is 0 Å². The molecule has 5 nitrogen and oxygen atoms in total. The zero-order valence-electron chi connectivity index (χ0n) is 14.1. The second kappa shape index (κ2) is 8.39. The third-order valence-corrected chi connectivity index (χ3v) is 5.07. The van der Waals surface area contributed by atoms with E-state index in [4.69, 9.17) is 0 Å². The molecule has 1 saturated carbocycles. The fourth-order valence-electron chi connectivity index (χ4n) is 3.54. The van der Waals surface area contributed by atoms with Gasteiger partial charge in [0.05, 0.1) is 0 Å². The fourth-order valence-corrected chi connectivity index (χ4v) is 3.54. The van der Waals surface area contributed by atoms with Gasteiger partial charge in [0.25, 0.3) is 0 Å². The summed E-state index contributed by atoms with van der Waals surface area (Å²) in [6.07, 6.45) is 10.2. The molecule has 1 heterocycles. The van der Waals surface area contributed by atoms with Crippen LogP contribution in [0.1, 0.15) is 57.8 Å². The largest absolute Gasteiger partial charge is 0.343 e. The molecule has 1 aliphatic carbocycles. The average molecular weight is 309 g/mol. The van der Waals surface area contributed by atoms with E-state index in [2.05, 4.69) is 5.32 Å². The topological polar surface area (TPSA) is 52.7 Å². The van der Waals surface area contributed by atoms with Gasteiger partial charge in [-0.05, 0) is 25.2 Å². The molecule has 5 heteroatoms. The van der Waals surface area contributed by atoms with E-state index in [1.54, 1.807) is 19.0 Å². The number of rotatable bonds is 4. The third kappa shape index (κ3) is 5.18. The molecule has 126 valence electrons. The van der Waals surface area contributed by atoms with Crippen molar-refractivity contribution < 1.29 is 9.59 Å². The highest BCUT2D eigenvalue weighted by molar-refractivity contribution is 5.76. The molecular weight excluding hydrogens is 278 g/mol. The Bertz CT molecular complexity index is 370. The molecule has 2 rings (SSSR count). The Morgan fingerprint density at radius 3 is 2.27 bits per heavy atom. The van der Waals surface area contributed by atoms with Crippen LogP contribution >= 0.6 is 0 Å². The van der Waals surface area contributed by atoms with E-state index in [9.17, 15) is 9.59 Å². The van der Waals surface area contributed by atoms with Crippen LogP contribution in [0.15, 0.2) is 0 Å². The van der Waals surface area contributed by atoms with Crippen molar-refractivity contribution in [3.05, 3.63) is 0 Å². The van der Waals surface area contributed by atoms with E-state index in [0.29, 0.717) is 12.3 Å². The maximum absolute atomic E-state index is 12.3. The number of carbonyl (C=O) groups is 2. The van der Waals surface area contributed by atoms with Crippen LogP contribution in [0.2, 0.25) is 0 Å². The molecule has 1 N–H and O–H groups in total. The van der Waals surface area contributed by atoms with Crippen molar-refractivity contribution >= 4 is 11.9 Å². The summed E-state index contributed by atoms with van der Waals surface area (Å²) in [5.41, 5.74) is 0. The zero-order valence-corrected chi connectivity index (χ0v) is 14.1. The predicted molar refractivity (Wildman–Crippen MR) is 87.6 cm³/mol. The molecule has 0 aromatic heterocycles. The standard InChI is InChI=1S/C17H31N3O2/c1-19(2)17(22)18-15-10-12-20(13-11-15)16(21)9-8-14-6-4-3-5-7-14/h14-15H,3-13H2,1-2H3,(H,18,22). The van der Waals surface area contributed by atoms with Crippen LogP contribution < -0.4 is 5.32 Å². The Labute approximate surface area is 134 Å². The van der Waals surface area contributed by atoms with Gasteiger partial charge in [0.2, 0.25) is 5.91 Å². The molecule has 0 spiro atoms. The van der Waals surface area contributed by atoms with Gasteiger partial charge in [-0.25, -0.2) is 4.79 Å². The van der Waals surface area contributed by atoms with Crippen molar-refractivity contribution in [3.8, 4) is 0 Å². The van der Waals surface area contributed by atoms with Crippen LogP contribution in [0.5, 0.6) is 0 Å². The summed E-state index contributed by atoms with van der Waals surface area (Å²) in [4.78, 5) is 27.5. The number of urea groups is 1. The summed E-state index contributed by atoms with van der Waals surface area (Å²) in [5.74, 6) is 1.08. The van der Waals surface area contributed by atoms with E-state index in [1.807, 2.05) is 4.90 Å². The molecule has 0 aromatic rings. The Hall–Kier alpha value is -1.26. The second-order valence-corrected chi connectivity index (χ2v) is 7.04. The maximum atomic E-state index is 12.3. The van der Waals surface area contributed by atoms with E-state index >= 15 is 0 Å².